The second-order valence-corrected chi connectivity index (χ2v) is 3.54. The Kier molecular flexibility index (Phi) is 3.88. The van der Waals surface area contributed by atoms with E-state index in [0.717, 1.165) is 13.0 Å². The molecule has 0 radical (unpaired) electrons. The van der Waals surface area contributed by atoms with Gasteiger partial charge in [-0.15, -0.1) is 0 Å². The van der Waals surface area contributed by atoms with Crippen LogP contribution in [0.25, 0.3) is 0 Å². The summed E-state index contributed by atoms with van der Waals surface area (Å²) >= 11 is 0. The highest BCUT2D eigenvalue weighted by Gasteiger charge is 2.48. The van der Waals surface area contributed by atoms with Crippen LogP contribution in [0, 0.1) is 11.8 Å². The van der Waals surface area contributed by atoms with Crippen molar-refractivity contribution in [2.75, 3.05) is 20.1 Å². The van der Waals surface area contributed by atoms with Crippen molar-refractivity contribution in [3.63, 3.8) is 0 Å². The molecular formula is C9H16N2O3. The number of carbonyl (C=O) groups is 2. The van der Waals surface area contributed by atoms with Crippen molar-refractivity contribution in [2.45, 2.75) is 12.8 Å². The Labute approximate surface area is 82.9 Å². The van der Waals surface area contributed by atoms with Crippen molar-refractivity contribution >= 4 is 11.9 Å². The number of aliphatic carboxylic acids is 1. The highest BCUT2D eigenvalue weighted by Crippen LogP contribution is 2.38. The van der Waals surface area contributed by atoms with Crippen molar-refractivity contribution in [2.24, 2.45) is 11.8 Å². The maximum atomic E-state index is 11.3. The smallest absolute Gasteiger partial charge is 0.307 e. The third-order valence-electron chi connectivity index (χ3n) is 2.35. The molecule has 1 rings (SSSR count). The summed E-state index contributed by atoms with van der Waals surface area (Å²) in [7, 11) is 1.85. The molecule has 0 aromatic rings. The first-order chi connectivity index (χ1) is 6.66. The largest absolute Gasteiger partial charge is 0.481 e. The Morgan fingerprint density at radius 2 is 2.07 bits per heavy atom. The average Bonchev–Trinajstić information content (AvgIpc) is 2.91. The predicted molar refractivity (Wildman–Crippen MR) is 50.8 cm³/mol. The first-order valence-corrected chi connectivity index (χ1v) is 4.82. The minimum atomic E-state index is -0.861. The molecule has 1 saturated carbocycles. The summed E-state index contributed by atoms with van der Waals surface area (Å²) in [6.45, 7) is 1.47. The van der Waals surface area contributed by atoms with E-state index in [2.05, 4.69) is 10.6 Å². The molecule has 5 nitrogen and oxygen atoms in total. The third kappa shape index (κ3) is 2.99. The number of carboxylic acid groups (broad SMARTS) is 1. The lowest BCUT2D eigenvalue weighted by atomic mass is 10.3. The van der Waals surface area contributed by atoms with Gasteiger partial charge in [0.25, 0.3) is 0 Å². The van der Waals surface area contributed by atoms with Crippen LogP contribution in [-0.4, -0.2) is 37.1 Å². The van der Waals surface area contributed by atoms with Gasteiger partial charge in [0.05, 0.1) is 11.8 Å². The van der Waals surface area contributed by atoms with E-state index in [0.29, 0.717) is 13.0 Å². The minimum absolute atomic E-state index is 0.117. The van der Waals surface area contributed by atoms with Gasteiger partial charge in [-0.1, -0.05) is 0 Å². The van der Waals surface area contributed by atoms with Gasteiger partial charge >= 0.3 is 5.97 Å². The molecule has 0 aromatic carbocycles. The van der Waals surface area contributed by atoms with Crippen LogP contribution >= 0.6 is 0 Å². The Hall–Kier alpha value is -1.10. The summed E-state index contributed by atoms with van der Waals surface area (Å²) in [5, 5.41) is 14.3. The second-order valence-electron chi connectivity index (χ2n) is 3.54. The lowest BCUT2D eigenvalue weighted by Gasteiger charge is -2.03. The molecule has 0 aromatic heterocycles. The Morgan fingerprint density at radius 3 is 2.57 bits per heavy atom. The highest BCUT2D eigenvalue weighted by atomic mass is 16.4. The Balaban J connectivity index is 2.09. The van der Waals surface area contributed by atoms with E-state index in [9.17, 15) is 9.59 Å². The summed E-state index contributed by atoms with van der Waals surface area (Å²) < 4.78 is 0. The van der Waals surface area contributed by atoms with E-state index in [-0.39, 0.29) is 11.8 Å². The highest BCUT2D eigenvalue weighted by molar-refractivity contribution is 5.89. The van der Waals surface area contributed by atoms with Gasteiger partial charge < -0.3 is 15.7 Å². The SMILES string of the molecule is CNCCCNC(=O)[C@@H]1C[C@@H]1C(=O)O. The lowest BCUT2D eigenvalue weighted by Crippen LogP contribution is -2.28. The van der Waals surface area contributed by atoms with Gasteiger partial charge in [-0.25, -0.2) is 0 Å². The van der Waals surface area contributed by atoms with Gasteiger partial charge in [-0.2, -0.15) is 0 Å². The van der Waals surface area contributed by atoms with Gasteiger partial charge in [-0.05, 0) is 26.4 Å². The quantitative estimate of drug-likeness (QED) is 0.502. The fourth-order valence-corrected chi connectivity index (χ4v) is 1.37. The van der Waals surface area contributed by atoms with E-state index < -0.39 is 11.9 Å². The van der Waals surface area contributed by atoms with Crippen LogP contribution in [0.4, 0.5) is 0 Å². The molecule has 0 spiro atoms. The molecule has 1 fully saturated rings. The van der Waals surface area contributed by atoms with Crippen LogP contribution in [0.5, 0.6) is 0 Å². The third-order valence-corrected chi connectivity index (χ3v) is 2.35. The summed E-state index contributed by atoms with van der Waals surface area (Å²) in [4.78, 5) is 21.8. The van der Waals surface area contributed by atoms with Crippen molar-refractivity contribution in [3.05, 3.63) is 0 Å². The van der Waals surface area contributed by atoms with Gasteiger partial charge in [0.15, 0.2) is 0 Å². The maximum absolute atomic E-state index is 11.3. The van der Waals surface area contributed by atoms with Crippen LogP contribution in [0.3, 0.4) is 0 Å². The topological polar surface area (TPSA) is 78.4 Å². The number of amides is 1. The molecular weight excluding hydrogens is 184 g/mol. The summed E-state index contributed by atoms with van der Waals surface area (Å²) in [5.74, 6) is -1.71. The van der Waals surface area contributed by atoms with Crippen molar-refractivity contribution in [1.82, 2.24) is 10.6 Å². The summed E-state index contributed by atoms with van der Waals surface area (Å²) in [6.07, 6.45) is 1.36. The zero-order valence-corrected chi connectivity index (χ0v) is 8.25. The maximum Gasteiger partial charge on any atom is 0.307 e. The normalized spacial score (nSPS) is 24.4. The van der Waals surface area contributed by atoms with E-state index in [1.165, 1.54) is 0 Å². The first-order valence-electron chi connectivity index (χ1n) is 4.82. The van der Waals surface area contributed by atoms with Crippen molar-refractivity contribution in [1.29, 1.82) is 0 Å². The number of carboxylic acids is 1. The van der Waals surface area contributed by atoms with Crippen molar-refractivity contribution in [3.8, 4) is 0 Å². The number of carbonyl (C=O) groups excluding carboxylic acids is 1. The van der Waals surface area contributed by atoms with E-state index in [1.54, 1.807) is 0 Å². The number of nitrogens with one attached hydrogen (secondary N) is 2. The van der Waals surface area contributed by atoms with Crippen molar-refractivity contribution < 1.29 is 14.7 Å². The second kappa shape index (κ2) is 4.95. The number of hydrogen-bond donors (Lipinski definition) is 3. The monoisotopic (exact) mass is 200 g/mol. The molecule has 0 aliphatic heterocycles. The molecule has 14 heavy (non-hydrogen) atoms. The molecule has 80 valence electrons. The molecule has 0 heterocycles. The molecule has 3 N–H and O–H groups in total. The molecule has 1 aliphatic carbocycles. The number of rotatable bonds is 6. The molecule has 1 aliphatic rings. The van der Waals surface area contributed by atoms with Gasteiger partial charge in [0.1, 0.15) is 0 Å². The van der Waals surface area contributed by atoms with Crippen LogP contribution < -0.4 is 10.6 Å². The zero-order chi connectivity index (χ0) is 10.6. The predicted octanol–water partition coefficient (Wildman–Crippen LogP) is -0.567. The fraction of sp³-hybridized carbons (Fsp3) is 0.778. The van der Waals surface area contributed by atoms with E-state index >= 15 is 0 Å². The Morgan fingerprint density at radius 1 is 1.36 bits per heavy atom. The van der Waals surface area contributed by atoms with Gasteiger partial charge in [0, 0.05) is 6.54 Å². The molecule has 0 unspecified atom stereocenters. The van der Waals surface area contributed by atoms with E-state index in [4.69, 9.17) is 5.11 Å². The fourth-order valence-electron chi connectivity index (χ4n) is 1.37. The zero-order valence-electron chi connectivity index (χ0n) is 8.25. The molecule has 1 amide bonds. The average molecular weight is 200 g/mol. The van der Waals surface area contributed by atoms with Gasteiger partial charge in [-0.3, -0.25) is 9.59 Å². The molecule has 0 saturated heterocycles. The number of hydrogen-bond acceptors (Lipinski definition) is 3. The van der Waals surface area contributed by atoms with E-state index in [1.807, 2.05) is 7.05 Å². The summed E-state index contributed by atoms with van der Waals surface area (Å²) in [5.41, 5.74) is 0. The van der Waals surface area contributed by atoms with Gasteiger partial charge in [0.2, 0.25) is 5.91 Å². The molecule has 5 heteroatoms. The van der Waals surface area contributed by atoms with Crippen LogP contribution in [0.2, 0.25) is 0 Å². The minimum Gasteiger partial charge on any atom is -0.481 e. The Bertz CT molecular complexity index is 230. The standard InChI is InChI=1S/C9H16N2O3/c1-10-3-2-4-11-8(12)6-5-7(6)9(13)14/h6-7,10H,2-5H2,1H3,(H,11,12)(H,13,14)/t6-,7+/m1/s1. The summed E-state index contributed by atoms with van der Waals surface area (Å²) in [6, 6.07) is 0. The molecule has 0 bridgehead atoms. The van der Waals surface area contributed by atoms with Crippen LogP contribution in [0.1, 0.15) is 12.8 Å². The lowest BCUT2D eigenvalue weighted by molar-refractivity contribution is -0.140. The van der Waals surface area contributed by atoms with Crippen LogP contribution in [-0.2, 0) is 9.59 Å². The molecule has 2 atom stereocenters. The van der Waals surface area contributed by atoms with Crippen LogP contribution in [0.15, 0.2) is 0 Å². The first kappa shape index (κ1) is 11.0.